The molecule has 0 radical (unpaired) electrons. The van der Waals surface area contributed by atoms with Crippen molar-refractivity contribution >= 4 is 27.3 Å². The lowest BCUT2D eigenvalue weighted by Crippen LogP contribution is -2.53. The van der Waals surface area contributed by atoms with E-state index in [1.165, 1.54) is 0 Å². The molecule has 1 atom stereocenters. The number of nitrogens with zero attached hydrogens (tertiary/aromatic N) is 2. The average Bonchev–Trinajstić information content (AvgIpc) is 2.93. The summed E-state index contributed by atoms with van der Waals surface area (Å²) in [5.74, 6) is 0.241. The molecule has 3 rings (SSSR count). The Bertz CT molecular complexity index is 753. The summed E-state index contributed by atoms with van der Waals surface area (Å²) in [5, 5.41) is 2.83. The molecule has 2 heterocycles. The van der Waals surface area contributed by atoms with E-state index in [0.717, 1.165) is 5.69 Å². The van der Waals surface area contributed by atoms with E-state index in [2.05, 4.69) is 10.2 Å². The van der Waals surface area contributed by atoms with Crippen LogP contribution in [-0.4, -0.2) is 68.9 Å². The molecule has 25 heavy (non-hydrogen) atoms. The molecule has 0 bridgehead atoms. The number of anilines is 1. The Morgan fingerprint density at radius 1 is 1.08 bits per heavy atom. The molecular formula is C17H23N3O4S. The summed E-state index contributed by atoms with van der Waals surface area (Å²) < 4.78 is 22.9. The van der Waals surface area contributed by atoms with E-state index in [-0.39, 0.29) is 29.4 Å². The second-order valence-electron chi connectivity index (χ2n) is 6.63. The fourth-order valence-corrected chi connectivity index (χ4v) is 4.92. The van der Waals surface area contributed by atoms with Crippen LogP contribution in [0.25, 0.3) is 0 Å². The standard InChI is InChI=1S/C17H23N3O4S/c1-13(21)14-2-4-16(5-3-14)19-7-9-20(10-8-19)17(22)18-15-6-11-25(23,24)12-15/h2-5,15H,6-12H2,1H3,(H,18,22)/t15-/m0/s1. The van der Waals surface area contributed by atoms with Crippen LogP contribution in [0, 0.1) is 0 Å². The molecule has 0 spiro atoms. The predicted molar refractivity (Wildman–Crippen MR) is 95.8 cm³/mol. The maximum atomic E-state index is 12.3. The van der Waals surface area contributed by atoms with Crippen LogP contribution in [0.2, 0.25) is 0 Å². The van der Waals surface area contributed by atoms with Gasteiger partial charge in [0.2, 0.25) is 0 Å². The predicted octanol–water partition coefficient (Wildman–Crippen LogP) is 0.908. The second kappa shape index (κ2) is 7.03. The number of carbonyl (C=O) groups excluding carboxylic acids is 2. The van der Waals surface area contributed by atoms with Gasteiger partial charge in [-0.2, -0.15) is 0 Å². The van der Waals surface area contributed by atoms with Gasteiger partial charge < -0.3 is 15.1 Å². The maximum Gasteiger partial charge on any atom is 0.317 e. The summed E-state index contributed by atoms with van der Waals surface area (Å²) >= 11 is 0. The Kier molecular flexibility index (Phi) is 4.99. The van der Waals surface area contributed by atoms with Gasteiger partial charge in [-0.3, -0.25) is 4.79 Å². The minimum absolute atomic E-state index is 0.0429. The first-order chi connectivity index (χ1) is 11.8. The average molecular weight is 365 g/mol. The Labute approximate surface area is 147 Å². The molecule has 0 aromatic heterocycles. The number of urea groups is 1. The number of hydrogen-bond donors (Lipinski definition) is 1. The van der Waals surface area contributed by atoms with E-state index in [0.29, 0.717) is 38.2 Å². The molecule has 136 valence electrons. The molecule has 1 aromatic rings. The lowest BCUT2D eigenvalue weighted by Gasteiger charge is -2.36. The summed E-state index contributed by atoms with van der Waals surface area (Å²) in [4.78, 5) is 27.5. The highest BCUT2D eigenvalue weighted by molar-refractivity contribution is 7.91. The molecule has 2 fully saturated rings. The Morgan fingerprint density at radius 2 is 1.72 bits per heavy atom. The van der Waals surface area contributed by atoms with Crippen molar-refractivity contribution in [1.82, 2.24) is 10.2 Å². The quantitative estimate of drug-likeness (QED) is 0.805. The minimum atomic E-state index is -2.99. The zero-order chi connectivity index (χ0) is 18.0. The van der Waals surface area contributed by atoms with Gasteiger partial charge in [-0.25, -0.2) is 13.2 Å². The third kappa shape index (κ3) is 4.31. The zero-order valence-electron chi connectivity index (χ0n) is 14.3. The van der Waals surface area contributed by atoms with Gasteiger partial charge in [0.15, 0.2) is 15.6 Å². The monoisotopic (exact) mass is 365 g/mol. The van der Waals surface area contributed by atoms with Crippen molar-refractivity contribution in [2.45, 2.75) is 19.4 Å². The first kappa shape index (κ1) is 17.7. The summed E-state index contributed by atoms with van der Waals surface area (Å²) in [5.41, 5.74) is 1.72. The van der Waals surface area contributed by atoms with Crippen LogP contribution in [-0.2, 0) is 9.84 Å². The van der Waals surface area contributed by atoms with Gasteiger partial charge >= 0.3 is 6.03 Å². The van der Waals surface area contributed by atoms with Gasteiger partial charge in [0.05, 0.1) is 11.5 Å². The fraction of sp³-hybridized carbons (Fsp3) is 0.529. The highest BCUT2D eigenvalue weighted by Crippen LogP contribution is 2.18. The zero-order valence-corrected chi connectivity index (χ0v) is 15.1. The SMILES string of the molecule is CC(=O)c1ccc(N2CCN(C(=O)N[C@H]3CCS(=O)(=O)C3)CC2)cc1. The van der Waals surface area contributed by atoms with Crippen molar-refractivity contribution in [2.24, 2.45) is 0 Å². The van der Waals surface area contributed by atoms with Gasteiger partial charge in [0.25, 0.3) is 0 Å². The van der Waals surface area contributed by atoms with Crippen molar-refractivity contribution in [3.63, 3.8) is 0 Å². The van der Waals surface area contributed by atoms with Crippen LogP contribution in [0.1, 0.15) is 23.7 Å². The fourth-order valence-electron chi connectivity index (χ4n) is 3.25. The van der Waals surface area contributed by atoms with Crippen LogP contribution in [0.5, 0.6) is 0 Å². The summed E-state index contributed by atoms with van der Waals surface area (Å²) in [6.45, 7) is 4.12. The van der Waals surface area contributed by atoms with E-state index in [1.54, 1.807) is 11.8 Å². The molecular weight excluding hydrogens is 342 g/mol. The van der Waals surface area contributed by atoms with Crippen LogP contribution in [0.4, 0.5) is 10.5 Å². The highest BCUT2D eigenvalue weighted by atomic mass is 32.2. The Hall–Kier alpha value is -2.09. The summed E-state index contributed by atoms with van der Waals surface area (Å²) in [6, 6.07) is 7.03. The molecule has 1 N–H and O–H groups in total. The van der Waals surface area contributed by atoms with Crippen LogP contribution in [0.15, 0.2) is 24.3 Å². The molecule has 2 saturated heterocycles. The summed E-state index contributed by atoms with van der Waals surface area (Å²) in [6.07, 6.45) is 0.497. The number of rotatable bonds is 3. The number of piperazine rings is 1. The van der Waals surface area contributed by atoms with Crippen molar-refractivity contribution < 1.29 is 18.0 Å². The smallest absolute Gasteiger partial charge is 0.317 e. The van der Waals surface area contributed by atoms with Crippen LogP contribution >= 0.6 is 0 Å². The molecule has 2 aliphatic rings. The molecule has 0 aliphatic carbocycles. The maximum absolute atomic E-state index is 12.3. The minimum Gasteiger partial charge on any atom is -0.368 e. The molecule has 1 aromatic carbocycles. The van der Waals surface area contributed by atoms with Crippen molar-refractivity contribution in [2.75, 3.05) is 42.6 Å². The van der Waals surface area contributed by atoms with Crippen molar-refractivity contribution in [1.29, 1.82) is 0 Å². The molecule has 0 unspecified atom stereocenters. The molecule has 2 amide bonds. The molecule has 8 heteroatoms. The largest absolute Gasteiger partial charge is 0.368 e. The normalized spacial score (nSPS) is 22.7. The lowest BCUT2D eigenvalue weighted by atomic mass is 10.1. The number of amides is 2. The number of carbonyl (C=O) groups is 2. The van der Waals surface area contributed by atoms with E-state index < -0.39 is 9.84 Å². The van der Waals surface area contributed by atoms with Crippen LogP contribution < -0.4 is 10.2 Å². The van der Waals surface area contributed by atoms with E-state index in [1.807, 2.05) is 24.3 Å². The van der Waals surface area contributed by atoms with E-state index >= 15 is 0 Å². The second-order valence-corrected chi connectivity index (χ2v) is 8.86. The van der Waals surface area contributed by atoms with Crippen molar-refractivity contribution in [3.05, 3.63) is 29.8 Å². The first-order valence-corrected chi connectivity index (χ1v) is 10.3. The number of benzene rings is 1. The lowest BCUT2D eigenvalue weighted by molar-refractivity contribution is 0.101. The van der Waals surface area contributed by atoms with Gasteiger partial charge in [-0.1, -0.05) is 0 Å². The van der Waals surface area contributed by atoms with Gasteiger partial charge in [0.1, 0.15) is 0 Å². The van der Waals surface area contributed by atoms with Gasteiger partial charge in [-0.05, 0) is 37.6 Å². The number of ketones is 1. The van der Waals surface area contributed by atoms with Gasteiger partial charge in [-0.15, -0.1) is 0 Å². The third-order valence-electron chi connectivity index (χ3n) is 4.77. The van der Waals surface area contributed by atoms with Crippen molar-refractivity contribution in [3.8, 4) is 0 Å². The van der Waals surface area contributed by atoms with Gasteiger partial charge in [0, 0.05) is 43.5 Å². The number of sulfone groups is 1. The summed E-state index contributed by atoms with van der Waals surface area (Å²) in [7, 11) is -2.99. The highest BCUT2D eigenvalue weighted by Gasteiger charge is 2.30. The van der Waals surface area contributed by atoms with Crippen LogP contribution in [0.3, 0.4) is 0 Å². The number of Topliss-reactive ketones (excluding diaryl/α,β-unsaturated/α-hetero) is 1. The third-order valence-corrected chi connectivity index (χ3v) is 6.53. The van der Waals surface area contributed by atoms with E-state index in [4.69, 9.17) is 0 Å². The molecule has 0 saturated carbocycles. The Morgan fingerprint density at radius 3 is 2.24 bits per heavy atom. The molecule has 2 aliphatic heterocycles. The number of nitrogens with one attached hydrogen (secondary N) is 1. The Balaban J connectivity index is 1.51. The first-order valence-electron chi connectivity index (χ1n) is 8.46. The topological polar surface area (TPSA) is 86.8 Å². The number of hydrogen-bond acceptors (Lipinski definition) is 5. The van der Waals surface area contributed by atoms with E-state index in [9.17, 15) is 18.0 Å². The molecule has 7 nitrogen and oxygen atoms in total.